The third-order valence-corrected chi connectivity index (χ3v) is 6.45. The summed E-state index contributed by atoms with van der Waals surface area (Å²) in [5.74, 6) is 2.17. The van der Waals surface area contributed by atoms with E-state index in [1.54, 1.807) is 18.2 Å². The van der Waals surface area contributed by atoms with Crippen LogP contribution < -0.4 is 14.8 Å². The summed E-state index contributed by atoms with van der Waals surface area (Å²) < 4.78 is 51.2. The van der Waals surface area contributed by atoms with E-state index in [2.05, 4.69) is 20.3 Å². The first kappa shape index (κ1) is 20.8. The second-order valence-electron chi connectivity index (χ2n) is 8.54. The predicted molar refractivity (Wildman–Crippen MR) is 115 cm³/mol. The quantitative estimate of drug-likeness (QED) is 0.589. The fraction of sp³-hybridized carbons (Fsp3) is 0.292. The summed E-state index contributed by atoms with van der Waals surface area (Å²) >= 11 is 0. The molecule has 2 unspecified atom stereocenters. The maximum Gasteiger partial charge on any atom is 0.412 e. The number of rotatable bonds is 4. The fourth-order valence-electron chi connectivity index (χ4n) is 4.73. The van der Waals surface area contributed by atoms with Crippen molar-refractivity contribution in [3.8, 4) is 17.2 Å². The Hall–Kier alpha value is -3.82. The number of ether oxygens (including phenoxy) is 2. The van der Waals surface area contributed by atoms with Crippen molar-refractivity contribution in [3.63, 3.8) is 0 Å². The number of hydrogen-bond donors (Lipinski definition) is 2. The van der Waals surface area contributed by atoms with Gasteiger partial charge in [-0.2, -0.15) is 13.2 Å². The summed E-state index contributed by atoms with van der Waals surface area (Å²) in [4.78, 5) is 23.5. The first-order chi connectivity index (χ1) is 16.3. The number of nitrogens with zero attached hydrogens (tertiary/aromatic N) is 2. The van der Waals surface area contributed by atoms with Crippen molar-refractivity contribution in [3.05, 3.63) is 70.6 Å². The number of pyridine rings is 1. The molecule has 3 aromatic rings. The van der Waals surface area contributed by atoms with Gasteiger partial charge in [-0.15, -0.1) is 0 Å². The molecule has 0 bridgehead atoms. The maximum atomic E-state index is 13.1. The molecule has 0 spiro atoms. The summed E-state index contributed by atoms with van der Waals surface area (Å²) in [7, 11) is 1.53. The van der Waals surface area contributed by atoms with Crippen LogP contribution in [0.1, 0.15) is 51.5 Å². The number of hydrogen-bond acceptors (Lipinski definition) is 5. The predicted octanol–water partition coefficient (Wildman–Crippen LogP) is 4.49. The van der Waals surface area contributed by atoms with Gasteiger partial charge in [0.2, 0.25) is 0 Å². The smallest absolute Gasteiger partial charge is 0.412 e. The van der Waals surface area contributed by atoms with Crippen LogP contribution in [-0.2, 0) is 6.42 Å². The van der Waals surface area contributed by atoms with Crippen LogP contribution in [-0.4, -0.2) is 40.2 Å². The Morgan fingerprint density at radius 1 is 1.18 bits per heavy atom. The molecule has 1 saturated carbocycles. The SMILES string of the molecule is CNC(=O)c1cc(Oc2ccc3c(c2)C2C(c4nc5c([nH]4)CCC(C(F)(F)F)=C5)[C@@H]2O3)ccn1. The van der Waals surface area contributed by atoms with Gasteiger partial charge in [-0.3, -0.25) is 9.78 Å². The number of nitrogens with one attached hydrogen (secondary N) is 2. The molecule has 7 nitrogen and oxygen atoms in total. The number of benzene rings is 1. The lowest BCUT2D eigenvalue weighted by Gasteiger charge is -2.14. The Bertz CT molecular complexity index is 1350. The lowest BCUT2D eigenvalue weighted by atomic mass is 10.00. The molecule has 3 heterocycles. The largest absolute Gasteiger partial charge is 0.489 e. The van der Waals surface area contributed by atoms with Gasteiger partial charge >= 0.3 is 6.18 Å². The van der Waals surface area contributed by atoms with Gasteiger partial charge in [0.25, 0.3) is 5.91 Å². The molecule has 1 fully saturated rings. The van der Waals surface area contributed by atoms with Crippen LogP contribution in [0.25, 0.3) is 6.08 Å². The Labute approximate surface area is 192 Å². The molecule has 1 aliphatic heterocycles. The van der Waals surface area contributed by atoms with Crippen LogP contribution >= 0.6 is 0 Å². The van der Waals surface area contributed by atoms with Gasteiger partial charge in [-0.1, -0.05) is 0 Å². The number of alkyl halides is 3. The van der Waals surface area contributed by atoms with Gasteiger partial charge in [-0.25, -0.2) is 4.98 Å². The van der Waals surface area contributed by atoms with E-state index in [9.17, 15) is 18.0 Å². The highest BCUT2D eigenvalue weighted by Gasteiger charge is 2.61. The number of carbonyl (C=O) groups is 1. The highest BCUT2D eigenvalue weighted by molar-refractivity contribution is 5.92. The molecule has 0 radical (unpaired) electrons. The Kier molecular flexibility index (Phi) is 4.48. The maximum absolute atomic E-state index is 13.1. The highest BCUT2D eigenvalue weighted by Crippen LogP contribution is 2.63. The minimum absolute atomic E-state index is 0.0446. The molecular weight excluding hydrogens is 449 g/mol. The lowest BCUT2D eigenvalue weighted by molar-refractivity contribution is -0.0931. The molecule has 6 rings (SSSR count). The van der Waals surface area contributed by atoms with E-state index in [0.29, 0.717) is 23.0 Å². The van der Waals surface area contributed by atoms with Gasteiger partial charge in [0.1, 0.15) is 34.9 Å². The number of allylic oxidation sites excluding steroid dienone is 1. The summed E-state index contributed by atoms with van der Waals surface area (Å²) in [6.07, 6.45) is -1.56. The molecule has 174 valence electrons. The number of carbonyl (C=O) groups excluding carboxylic acids is 1. The van der Waals surface area contributed by atoms with Crippen LogP contribution in [0.3, 0.4) is 0 Å². The fourth-order valence-corrected chi connectivity index (χ4v) is 4.73. The van der Waals surface area contributed by atoms with Crippen LogP contribution in [0.4, 0.5) is 13.2 Å². The number of H-pyrrole nitrogens is 1. The first-order valence-corrected chi connectivity index (χ1v) is 10.8. The zero-order chi connectivity index (χ0) is 23.6. The average Bonchev–Trinajstić information content (AvgIpc) is 3.17. The molecule has 1 amide bonds. The van der Waals surface area contributed by atoms with Crippen molar-refractivity contribution >= 4 is 12.0 Å². The number of amides is 1. The minimum Gasteiger partial charge on any atom is -0.489 e. The van der Waals surface area contributed by atoms with Crippen molar-refractivity contribution in [1.82, 2.24) is 20.3 Å². The van der Waals surface area contributed by atoms with E-state index in [0.717, 1.165) is 23.1 Å². The van der Waals surface area contributed by atoms with E-state index in [4.69, 9.17) is 9.47 Å². The van der Waals surface area contributed by atoms with Crippen LogP contribution in [0.5, 0.6) is 17.2 Å². The second kappa shape index (κ2) is 7.34. The van der Waals surface area contributed by atoms with Gasteiger partial charge in [0.15, 0.2) is 0 Å². The van der Waals surface area contributed by atoms with Gasteiger partial charge in [0, 0.05) is 42.1 Å². The topological polar surface area (TPSA) is 89.1 Å². The number of aromatic amines is 1. The van der Waals surface area contributed by atoms with Gasteiger partial charge in [0.05, 0.1) is 11.6 Å². The first-order valence-electron chi connectivity index (χ1n) is 10.8. The molecule has 10 heteroatoms. The van der Waals surface area contributed by atoms with E-state index in [1.165, 1.54) is 13.2 Å². The van der Waals surface area contributed by atoms with E-state index in [-0.39, 0.29) is 42.4 Å². The van der Waals surface area contributed by atoms with Crippen LogP contribution in [0.15, 0.2) is 42.1 Å². The van der Waals surface area contributed by atoms with E-state index >= 15 is 0 Å². The van der Waals surface area contributed by atoms with Gasteiger partial charge in [-0.05, 0) is 43.2 Å². The zero-order valence-corrected chi connectivity index (χ0v) is 17.9. The standard InChI is InChI=1S/C24H19F3N4O3/c1-28-23(32)17-10-13(6-7-29-17)33-12-3-5-18-14(9-12)19-20(21(19)34-18)22-30-15-4-2-11(24(25,26)27)8-16(15)31-22/h3,5-10,19-21H,2,4H2,1H3,(H,28,32)(H,30,31)/t19?,20?,21-/m1/s1. The van der Waals surface area contributed by atoms with Crippen molar-refractivity contribution in [1.29, 1.82) is 0 Å². The molecule has 3 atom stereocenters. The summed E-state index contributed by atoms with van der Waals surface area (Å²) in [5, 5.41) is 2.52. The number of halogens is 3. The highest BCUT2D eigenvalue weighted by atomic mass is 19.4. The third kappa shape index (κ3) is 3.41. The molecule has 2 N–H and O–H groups in total. The zero-order valence-electron chi connectivity index (χ0n) is 17.9. The molecule has 2 aliphatic carbocycles. The van der Waals surface area contributed by atoms with Crippen molar-refractivity contribution in [2.45, 2.75) is 37.0 Å². The molecule has 0 saturated heterocycles. The minimum atomic E-state index is -4.33. The lowest BCUT2D eigenvalue weighted by Crippen LogP contribution is -2.18. The van der Waals surface area contributed by atoms with E-state index < -0.39 is 11.7 Å². The number of fused-ring (bicyclic) bond motifs is 4. The Morgan fingerprint density at radius 2 is 2.00 bits per heavy atom. The number of aryl methyl sites for hydroxylation is 1. The monoisotopic (exact) mass is 468 g/mol. The van der Waals surface area contributed by atoms with Crippen LogP contribution in [0, 0.1) is 0 Å². The third-order valence-electron chi connectivity index (χ3n) is 6.45. The second-order valence-corrected chi connectivity index (χ2v) is 8.54. The summed E-state index contributed by atoms with van der Waals surface area (Å²) in [6.45, 7) is 0. The number of aromatic nitrogens is 3. The molecule has 2 aromatic heterocycles. The van der Waals surface area contributed by atoms with Crippen LogP contribution in [0.2, 0.25) is 0 Å². The Balaban J connectivity index is 1.22. The number of imidazole rings is 1. The van der Waals surface area contributed by atoms with Crippen molar-refractivity contribution in [2.75, 3.05) is 7.05 Å². The van der Waals surface area contributed by atoms with Crippen molar-refractivity contribution < 1.29 is 27.4 Å². The normalized spacial score (nSPS) is 22.1. The van der Waals surface area contributed by atoms with E-state index in [1.807, 2.05) is 12.1 Å². The van der Waals surface area contributed by atoms with Crippen molar-refractivity contribution in [2.24, 2.45) is 0 Å². The average molecular weight is 468 g/mol. The molecular formula is C24H19F3N4O3. The Morgan fingerprint density at radius 3 is 2.79 bits per heavy atom. The molecule has 3 aliphatic rings. The molecule has 34 heavy (non-hydrogen) atoms. The van der Waals surface area contributed by atoms with Gasteiger partial charge < -0.3 is 19.8 Å². The molecule has 1 aromatic carbocycles. The summed E-state index contributed by atoms with van der Waals surface area (Å²) in [6, 6.07) is 8.73. The summed E-state index contributed by atoms with van der Waals surface area (Å²) in [5.41, 5.74) is 1.76.